The van der Waals surface area contributed by atoms with Crippen molar-refractivity contribution in [2.75, 3.05) is 19.8 Å². The van der Waals surface area contributed by atoms with E-state index in [9.17, 15) is 0 Å². The second-order valence-electron chi connectivity index (χ2n) is 2.87. The summed E-state index contributed by atoms with van der Waals surface area (Å²) in [6.45, 7) is 7.46. The van der Waals surface area contributed by atoms with Crippen molar-refractivity contribution >= 4 is 0 Å². The Balaban J connectivity index is 3.39. The number of aliphatic hydroxyl groups is 1. The fraction of sp³-hybridized carbons (Fsp3) is 1.00. The molecule has 2 atom stereocenters. The second kappa shape index (κ2) is 7.53. The van der Waals surface area contributed by atoms with Gasteiger partial charge in [0.25, 0.3) is 0 Å². The van der Waals surface area contributed by atoms with Crippen molar-refractivity contribution in [1.29, 1.82) is 0 Å². The fourth-order valence-electron chi connectivity index (χ4n) is 0.808. The van der Waals surface area contributed by atoms with E-state index in [1.54, 1.807) is 6.92 Å². The summed E-state index contributed by atoms with van der Waals surface area (Å²) in [5.41, 5.74) is 0. The van der Waals surface area contributed by atoms with E-state index in [4.69, 9.17) is 14.6 Å². The molecule has 0 saturated carbocycles. The van der Waals surface area contributed by atoms with Crippen LogP contribution in [0.25, 0.3) is 0 Å². The van der Waals surface area contributed by atoms with Crippen LogP contribution in [0.2, 0.25) is 0 Å². The van der Waals surface area contributed by atoms with E-state index in [0.29, 0.717) is 19.8 Å². The zero-order chi connectivity index (χ0) is 9.40. The van der Waals surface area contributed by atoms with Crippen LogP contribution in [0, 0.1) is 0 Å². The fourth-order valence-corrected chi connectivity index (χ4v) is 0.808. The number of aliphatic hydroxyl groups excluding tert-OH is 1. The van der Waals surface area contributed by atoms with Gasteiger partial charge < -0.3 is 14.6 Å². The third-order valence-corrected chi connectivity index (χ3v) is 1.54. The van der Waals surface area contributed by atoms with Crippen molar-refractivity contribution in [2.45, 2.75) is 39.4 Å². The lowest BCUT2D eigenvalue weighted by Crippen LogP contribution is -2.23. The van der Waals surface area contributed by atoms with Crippen molar-refractivity contribution in [3.05, 3.63) is 0 Å². The Morgan fingerprint density at radius 2 is 1.92 bits per heavy atom. The molecular formula is C9H20O3. The van der Waals surface area contributed by atoms with Crippen LogP contribution in [0.1, 0.15) is 27.2 Å². The van der Waals surface area contributed by atoms with Crippen LogP contribution in [-0.2, 0) is 9.47 Å². The summed E-state index contributed by atoms with van der Waals surface area (Å²) in [5.74, 6) is 0. The summed E-state index contributed by atoms with van der Waals surface area (Å²) in [6, 6.07) is 0. The van der Waals surface area contributed by atoms with Crippen molar-refractivity contribution in [2.24, 2.45) is 0 Å². The van der Waals surface area contributed by atoms with Gasteiger partial charge in [-0.25, -0.2) is 0 Å². The summed E-state index contributed by atoms with van der Waals surface area (Å²) < 4.78 is 10.6. The summed E-state index contributed by atoms with van der Waals surface area (Å²) in [6.07, 6.45) is 0.660. The van der Waals surface area contributed by atoms with Crippen molar-refractivity contribution in [1.82, 2.24) is 0 Å². The predicted octanol–water partition coefficient (Wildman–Crippen LogP) is 1.20. The minimum Gasteiger partial charge on any atom is -0.391 e. The van der Waals surface area contributed by atoms with Crippen LogP contribution in [-0.4, -0.2) is 37.1 Å². The molecule has 74 valence electrons. The van der Waals surface area contributed by atoms with E-state index >= 15 is 0 Å². The predicted molar refractivity (Wildman–Crippen MR) is 48.2 cm³/mol. The molecule has 0 fully saturated rings. The Kier molecular flexibility index (Phi) is 7.45. The quantitative estimate of drug-likeness (QED) is 0.633. The van der Waals surface area contributed by atoms with E-state index in [0.717, 1.165) is 6.42 Å². The molecule has 0 aliphatic heterocycles. The maximum Gasteiger partial charge on any atom is 0.0807 e. The zero-order valence-corrected chi connectivity index (χ0v) is 8.25. The summed E-state index contributed by atoms with van der Waals surface area (Å²) >= 11 is 0. The number of ether oxygens (including phenoxy) is 2. The standard InChI is InChI=1S/C9H20O3/c1-4-9(7-11-5-2)12-6-8(3)10/h8-10H,4-7H2,1-3H3. The molecule has 0 spiro atoms. The first-order valence-electron chi connectivity index (χ1n) is 4.58. The van der Waals surface area contributed by atoms with Crippen LogP contribution >= 0.6 is 0 Å². The first-order valence-corrected chi connectivity index (χ1v) is 4.58. The van der Waals surface area contributed by atoms with Gasteiger partial charge in [0.15, 0.2) is 0 Å². The monoisotopic (exact) mass is 176 g/mol. The van der Waals surface area contributed by atoms with Gasteiger partial charge in [0.2, 0.25) is 0 Å². The van der Waals surface area contributed by atoms with Gasteiger partial charge >= 0.3 is 0 Å². The lowest BCUT2D eigenvalue weighted by Gasteiger charge is -2.16. The molecule has 3 nitrogen and oxygen atoms in total. The van der Waals surface area contributed by atoms with E-state index in [-0.39, 0.29) is 12.2 Å². The zero-order valence-electron chi connectivity index (χ0n) is 8.25. The Morgan fingerprint density at radius 3 is 2.33 bits per heavy atom. The normalized spacial score (nSPS) is 16.0. The largest absolute Gasteiger partial charge is 0.391 e. The third kappa shape index (κ3) is 6.58. The molecule has 0 bridgehead atoms. The highest BCUT2D eigenvalue weighted by Crippen LogP contribution is 1.99. The first-order chi connectivity index (χ1) is 5.70. The van der Waals surface area contributed by atoms with E-state index in [2.05, 4.69) is 0 Å². The maximum atomic E-state index is 8.96. The molecule has 1 N–H and O–H groups in total. The van der Waals surface area contributed by atoms with Crippen LogP contribution in [0.4, 0.5) is 0 Å². The molecule has 0 aromatic rings. The Morgan fingerprint density at radius 1 is 1.25 bits per heavy atom. The van der Waals surface area contributed by atoms with Gasteiger partial charge in [-0.2, -0.15) is 0 Å². The molecule has 0 aromatic heterocycles. The SMILES string of the molecule is CCOCC(CC)OCC(C)O. The number of hydrogen-bond donors (Lipinski definition) is 1. The Bertz CT molecular complexity index is 93.8. The molecule has 0 heterocycles. The average Bonchev–Trinajstić information content (AvgIpc) is 2.05. The van der Waals surface area contributed by atoms with Crippen molar-refractivity contribution in [3.8, 4) is 0 Å². The Labute approximate surface area is 74.7 Å². The second-order valence-corrected chi connectivity index (χ2v) is 2.87. The lowest BCUT2D eigenvalue weighted by molar-refractivity contribution is -0.0440. The number of rotatable bonds is 7. The van der Waals surface area contributed by atoms with Crippen LogP contribution in [0.5, 0.6) is 0 Å². The minimum atomic E-state index is -0.388. The Hall–Kier alpha value is -0.120. The molecule has 0 aromatic carbocycles. The molecule has 12 heavy (non-hydrogen) atoms. The van der Waals surface area contributed by atoms with Crippen LogP contribution in [0.15, 0.2) is 0 Å². The smallest absolute Gasteiger partial charge is 0.0807 e. The molecule has 0 saturated heterocycles. The maximum absolute atomic E-state index is 8.96. The van der Waals surface area contributed by atoms with Gasteiger partial charge in [0.05, 0.1) is 25.4 Å². The minimum absolute atomic E-state index is 0.125. The molecule has 0 amide bonds. The summed E-state index contributed by atoms with van der Waals surface area (Å²) in [7, 11) is 0. The molecule has 0 rings (SSSR count). The topological polar surface area (TPSA) is 38.7 Å². The lowest BCUT2D eigenvalue weighted by atomic mass is 10.3. The molecule has 0 radical (unpaired) electrons. The highest BCUT2D eigenvalue weighted by molar-refractivity contribution is 4.54. The van der Waals surface area contributed by atoms with Crippen LogP contribution in [0.3, 0.4) is 0 Å². The molecule has 3 heteroatoms. The van der Waals surface area contributed by atoms with E-state index < -0.39 is 0 Å². The first kappa shape index (κ1) is 11.9. The molecule has 2 unspecified atom stereocenters. The van der Waals surface area contributed by atoms with Crippen molar-refractivity contribution < 1.29 is 14.6 Å². The highest BCUT2D eigenvalue weighted by Gasteiger charge is 2.07. The van der Waals surface area contributed by atoms with E-state index in [1.807, 2.05) is 13.8 Å². The van der Waals surface area contributed by atoms with Crippen molar-refractivity contribution in [3.63, 3.8) is 0 Å². The van der Waals surface area contributed by atoms with Gasteiger partial charge in [-0.05, 0) is 20.3 Å². The third-order valence-electron chi connectivity index (χ3n) is 1.54. The van der Waals surface area contributed by atoms with E-state index in [1.165, 1.54) is 0 Å². The average molecular weight is 176 g/mol. The molecule has 0 aliphatic carbocycles. The van der Waals surface area contributed by atoms with Gasteiger partial charge in [-0.3, -0.25) is 0 Å². The summed E-state index contributed by atoms with van der Waals surface area (Å²) in [4.78, 5) is 0. The molecule has 0 aliphatic rings. The van der Waals surface area contributed by atoms with Gasteiger partial charge in [0.1, 0.15) is 0 Å². The van der Waals surface area contributed by atoms with Gasteiger partial charge in [-0.1, -0.05) is 6.92 Å². The molecular weight excluding hydrogens is 156 g/mol. The van der Waals surface area contributed by atoms with Crippen LogP contribution < -0.4 is 0 Å². The van der Waals surface area contributed by atoms with Gasteiger partial charge in [-0.15, -0.1) is 0 Å². The van der Waals surface area contributed by atoms with Gasteiger partial charge in [0, 0.05) is 6.61 Å². The number of hydrogen-bond acceptors (Lipinski definition) is 3. The summed E-state index contributed by atoms with van der Waals surface area (Å²) in [5, 5.41) is 8.96. The highest BCUT2D eigenvalue weighted by atomic mass is 16.5.